The highest BCUT2D eigenvalue weighted by atomic mass is 35.5. The number of hydrogen-bond donors (Lipinski definition) is 1. The predicted molar refractivity (Wildman–Crippen MR) is 88.4 cm³/mol. The van der Waals surface area contributed by atoms with Gasteiger partial charge in [-0.3, -0.25) is 9.69 Å². The molecular weight excluding hydrogens is 334 g/mol. The van der Waals surface area contributed by atoms with E-state index in [1.54, 1.807) is 28.0 Å². The van der Waals surface area contributed by atoms with Crippen LogP contribution in [0.15, 0.2) is 18.2 Å². The van der Waals surface area contributed by atoms with Crippen molar-refractivity contribution in [3.8, 4) is 5.75 Å². The Bertz CT molecular complexity index is 640. The molecule has 3 rings (SSSR count). The van der Waals surface area contributed by atoms with Gasteiger partial charge in [-0.1, -0.05) is 11.6 Å². The first-order valence-corrected chi connectivity index (χ1v) is 8.33. The number of amides is 2. The molecule has 1 atom stereocenters. The Morgan fingerprint density at radius 3 is 3.04 bits per heavy atom. The zero-order valence-electron chi connectivity index (χ0n) is 13.2. The van der Waals surface area contributed by atoms with Crippen LogP contribution in [0.4, 0.5) is 4.79 Å². The van der Waals surface area contributed by atoms with Crippen LogP contribution >= 0.6 is 11.6 Å². The lowest BCUT2D eigenvalue weighted by Gasteiger charge is -2.35. The molecule has 2 aliphatic heterocycles. The van der Waals surface area contributed by atoms with E-state index in [4.69, 9.17) is 26.8 Å². The van der Waals surface area contributed by atoms with Crippen molar-refractivity contribution < 1.29 is 19.1 Å². The normalized spacial score (nSPS) is 19.9. The lowest BCUT2D eigenvalue weighted by molar-refractivity contribution is 0.0613. The molecule has 24 heavy (non-hydrogen) atoms. The van der Waals surface area contributed by atoms with Gasteiger partial charge in [-0.15, -0.1) is 0 Å². The smallest absolute Gasteiger partial charge is 0.410 e. The second-order valence-electron chi connectivity index (χ2n) is 5.81. The van der Waals surface area contributed by atoms with Gasteiger partial charge in [0.2, 0.25) is 0 Å². The summed E-state index contributed by atoms with van der Waals surface area (Å²) in [6.07, 6.45) is 0.393. The molecule has 2 fully saturated rings. The third-order valence-electron chi connectivity index (χ3n) is 4.18. The van der Waals surface area contributed by atoms with E-state index in [9.17, 15) is 9.59 Å². The highest BCUT2D eigenvalue weighted by Gasteiger charge is 2.39. The van der Waals surface area contributed by atoms with Crippen LogP contribution in [-0.4, -0.2) is 67.2 Å². The Balaban J connectivity index is 1.73. The lowest BCUT2D eigenvalue weighted by atomic mass is 10.1. The molecule has 0 aliphatic carbocycles. The average Bonchev–Trinajstić information content (AvgIpc) is 2.95. The second kappa shape index (κ2) is 7.27. The van der Waals surface area contributed by atoms with E-state index in [0.717, 1.165) is 0 Å². The summed E-state index contributed by atoms with van der Waals surface area (Å²) >= 11 is 6.02. The average molecular weight is 354 g/mol. The molecule has 0 spiro atoms. The summed E-state index contributed by atoms with van der Waals surface area (Å²) in [5.41, 5.74) is 5.94. The second-order valence-corrected chi connectivity index (χ2v) is 6.24. The van der Waals surface area contributed by atoms with Crippen molar-refractivity contribution in [1.82, 2.24) is 9.80 Å². The summed E-state index contributed by atoms with van der Waals surface area (Å²) in [7, 11) is 0. The third kappa shape index (κ3) is 3.42. The Hall–Kier alpha value is -1.99. The highest BCUT2D eigenvalue weighted by Crippen LogP contribution is 2.27. The summed E-state index contributed by atoms with van der Waals surface area (Å²) < 4.78 is 10.7. The molecular formula is C16H20ClN3O4. The maximum atomic E-state index is 12.9. The number of piperazine rings is 1. The lowest BCUT2D eigenvalue weighted by Crippen LogP contribution is -2.53. The van der Waals surface area contributed by atoms with Gasteiger partial charge < -0.3 is 20.1 Å². The van der Waals surface area contributed by atoms with Gasteiger partial charge in [0.25, 0.3) is 5.91 Å². The van der Waals surface area contributed by atoms with E-state index >= 15 is 0 Å². The van der Waals surface area contributed by atoms with Crippen molar-refractivity contribution in [3.05, 3.63) is 28.8 Å². The minimum absolute atomic E-state index is 0.0795. The number of fused-ring (bicyclic) bond motifs is 1. The molecule has 0 saturated carbocycles. The number of carbonyl (C=O) groups is 2. The summed E-state index contributed by atoms with van der Waals surface area (Å²) in [5, 5.41) is 0.508. The van der Waals surface area contributed by atoms with E-state index in [-0.39, 0.29) is 18.0 Å². The van der Waals surface area contributed by atoms with Crippen molar-refractivity contribution in [2.24, 2.45) is 5.73 Å². The summed E-state index contributed by atoms with van der Waals surface area (Å²) in [6, 6.07) is 4.90. The largest absolute Gasteiger partial charge is 0.493 e. The van der Waals surface area contributed by atoms with E-state index in [2.05, 4.69) is 0 Å². The quantitative estimate of drug-likeness (QED) is 0.807. The van der Waals surface area contributed by atoms with Crippen molar-refractivity contribution in [3.63, 3.8) is 0 Å². The summed E-state index contributed by atoms with van der Waals surface area (Å²) in [5.74, 6) is 0.329. The number of nitrogens with two attached hydrogens (primary N) is 1. The number of ether oxygens (including phenoxy) is 2. The minimum Gasteiger partial charge on any atom is -0.493 e. The van der Waals surface area contributed by atoms with E-state index in [1.807, 2.05) is 0 Å². The molecule has 1 aromatic carbocycles. The SMILES string of the molecule is NCCCOc1cc(Cl)ccc1C(=O)N1CCN2C(=O)OCC2C1. The monoisotopic (exact) mass is 353 g/mol. The zero-order chi connectivity index (χ0) is 17.1. The number of benzene rings is 1. The van der Waals surface area contributed by atoms with Crippen LogP contribution in [0.3, 0.4) is 0 Å². The Morgan fingerprint density at radius 1 is 1.42 bits per heavy atom. The van der Waals surface area contributed by atoms with Crippen molar-refractivity contribution >= 4 is 23.6 Å². The number of halogens is 1. The van der Waals surface area contributed by atoms with Crippen molar-refractivity contribution in [2.75, 3.05) is 39.4 Å². The molecule has 1 aromatic rings. The van der Waals surface area contributed by atoms with Gasteiger partial charge in [-0.2, -0.15) is 0 Å². The topological polar surface area (TPSA) is 85.1 Å². The molecule has 7 nitrogen and oxygen atoms in total. The van der Waals surface area contributed by atoms with Gasteiger partial charge in [0.05, 0.1) is 18.2 Å². The maximum absolute atomic E-state index is 12.9. The Kier molecular flexibility index (Phi) is 5.11. The molecule has 2 aliphatic rings. The van der Waals surface area contributed by atoms with Crippen LogP contribution in [0, 0.1) is 0 Å². The maximum Gasteiger partial charge on any atom is 0.410 e. The number of carbonyl (C=O) groups excluding carboxylic acids is 2. The van der Waals surface area contributed by atoms with Crippen LogP contribution in [-0.2, 0) is 4.74 Å². The van der Waals surface area contributed by atoms with Crippen LogP contribution in [0.5, 0.6) is 5.75 Å². The molecule has 8 heteroatoms. The molecule has 2 amide bonds. The van der Waals surface area contributed by atoms with Gasteiger partial charge in [0.15, 0.2) is 0 Å². The molecule has 0 bridgehead atoms. The van der Waals surface area contributed by atoms with Crippen LogP contribution in [0.2, 0.25) is 5.02 Å². The molecule has 2 saturated heterocycles. The van der Waals surface area contributed by atoms with Crippen LogP contribution in [0.1, 0.15) is 16.8 Å². The van der Waals surface area contributed by atoms with Gasteiger partial charge in [-0.05, 0) is 31.2 Å². The van der Waals surface area contributed by atoms with Gasteiger partial charge in [0.1, 0.15) is 12.4 Å². The molecule has 1 unspecified atom stereocenters. The number of hydrogen-bond acceptors (Lipinski definition) is 5. The first kappa shape index (κ1) is 16.9. The fraction of sp³-hybridized carbons (Fsp3) is 0.500. The van der Waals surface area contributed by atoms with E-state index in [0.29, 0.717) is 62.1 Å². The number of rotatable bonds is 5. The summed E-state index contributed by atoms with van der Waals surface area (Å²) in [4.78, 5) is 27.8. The zero-order valence-corrected chi connectivity index (χ0v) is 14.0. The van der Waals surface area contributed by atoms with Crippen LogP contribution < -0.4 is 10.5 Å². The first-order chi connectivity index (χ1) is 11.6. The van der Waals surface area contributed by atoms with Crippen molar-refractivity contribution in [1.29, 1.82) is 0 Å². The molecule has 0 radical (unpaired) electrons. The number of nitrogens with zero attached hydrogens (tertiary/aromatic N) is 2. The molecule has 0 aromatic heterocycles. The highest BCUT2D eigenvalue weighted by molar-refractivity contribution is 6.30. The minimum atomic E-state index is -0.301. The number of cyclic esters (lactones) is 1. The van der Waals surface area contributed by atoms with Crippen molar-refractivity contribution in [2.45, 2.75) is 12.5 Å². The first-order valence-electron chi connectivity index (χ1n) is 7.95. The fourth-order valence-electron chi connectivity index (χ4n) is 2.90. The van der Waals surface area contributed by atoms with Crippen LogP contribution in [0.25, 0.3) is 0 Å². The Morgan fingerprint density at radius 2 is 2.25 bits per heavy atom. The molecule has 2 N–H and O–H groups in total. The Labute approximate surface area is 145 Å². The standard InChI is InChI=1S/C16H20ClN3O4/c17-11-2-3-13(14(8-11)23-7-1-4-18)15(21)19-5-6-20-12(9-19)10-24-16(20)22/h2-3,8,12H,1,4-7,9-10,18H2. The van der Waals surface area contributed by atoms with E-state index in [1.165, 1.54) is 0 Å². The van der Waals surface area contributed by atoms with Gasteiger partial charge in [-0.25, -0.2) is 4.79 Å². The predicted octanol–water partition coefficient (Wildman–Crippen LogP) is 1.34. The van der Waals surface area contributed by atoms with E-state index < -0.39 is 0 Å². The molecule has 2 heterocycles. The van der Waals surface area contributed by atoms with Gasteiger partial charge >= 0.3 is 6.09 Å². The van der Waals surface area contributed by atoms with Gasteiger partial charge in [0, 0.05) is 24.7 Å². The summed E-state index contributed by atoms with van der Waals surface area (Å²) in [6.45, 7) is 2.66. The third-order valence-corrected chi connectivity index (χ3v) is 4.42. The fourth-order valence-corrected chi connectivity index (χ4v) is 3.06. The molecule has 130 valence electrons.